The molecule has 0 unspecified atom stereocenters. The summed E-state index contributed by atoms with van der Waals surface area (Å²) in [6.07, 6.45) is 8.53. The molecule has 0 bridgehead atoms. The SMILES string of the molecule is C=C.C=C/C=C\C.C=CCC.CC.CC.CC. The van der Waals surface area contributed by atoms with Crippen LogP contribution in [0.1, 0.15) is 61.8 Å². The van der Waals surface area contributed by atoms with Gasteiger partial charge in [-0.1, -0.05) is 79.3 Å². The van der Waals surface area contributed by atoms with Crippen LogP contribution < -0.4 is 0 Å². The number of hydrogen-bond donors (Lipinski definition) is 0. The Labute approximate surface area is 113 Å². The van der Waals surface area contributed by atoms with Crippen LogP contribution in [0.3, 0.4) is 0 Å². The molecule has 0 amide bonds. The molecule has 0 N–H and O–H groups in total. The molecular formula is C17H38. The molecule has 0 fully saturated rings. The summed E-state index contributed by atoms with van der Waals surface area (Å²) in [4.78, 5) is 0. The second-order valence-electron chi connectivity index (χ2n) is 1.46. The zero-order valence-electron chi connectivity index (χ0n) is 13.8. The second kappa shape index (κ2) is 186. The minimum Gasteiger partial charge on any atom is -0.106 e. The lowest BCUT2D eigenvalue weighted by molar-refractivity contribution is 1.23. The summed E-state index contributed by atoms with van der Waals surface area (Å²) in [7, 11) is 0. The first-order valence-corrected chi connectivity index (χ1v) is 6.68. The van der Waals surface area contributed by atoms with Gasteiger partial charge >= 0.3 is 0 Å². The average molecular weight is 242 g/mol. The average Bonchev–Trinajstić information content (AvgIpc) is 2.48. The van der Waals surface area contributed by atoms with Crippen molar-refractivity contribution >= 4 is 0 Å². The van der Waals surface area contributed by atoms with Crippen LogP contribution in [0.15, 0.2) is 50.6 Å². The van der Waals surface area contributed by atoms with Crippen LogP contribution in [0.4, 0.5) is 0 Å². The van der Waals surface area contributed by atoms with Crippen molar-refractivity contribution in [3.05, 3.63) is 50.6 Å². The molecule has 0 spiro atoms. The molecule has 0 radical (unpaired) electrons. The van der Waals surface area contributed by atoms with Crippen LogP contribution in [0.2, 0.25) is 0 Å². The number of hydrogen-bond acceptors (Lipinski definition) is 0. The Kier molecular flexibility index (Phi) is 394. The van der Waals surface area contributed by atoms with E-state index in [1.54, 1.807) is 6.08 Å². The van der Waals surface area contributed by atoms with Crippen LogP contribution in [-0.2, 0) is 0 Å². The van der Waals surface area contributed by atoms with Crippen LogP contribution >= 0.6 is 0 Å². The van der Waals surface area contributed by atoms with Crippen LogP contribution in [0.5, 0.6) is 0 Å². The predicted octanol–water partition coefficient (Wildman–Crippen LogP) is 7.21. The van der Waals surface area contributed by atoms with Crippen molar-refractivity contribution < 1.29 is 0 Å². The Bertz CT molecular complexity index is 88.2. The molecule has 0 aromatic heterocycles. The van der Waals surface area contributed by atoms with Crippen molar-refractivity contribution in [3.8, 4) is 0 Å². The lowest BCUT2D eigenvalue weighted by Gasteiger charge is -1.57. The molecule has 0 aliphatic rings. The summed E-state index contributed by atoms with van der Waals surface area (Å²) >= 11 is 0. The van der Waals surface area contributed by atoms with Gasteiger partial charge in [0.05, 0.1) is 0 Å². The highest BCUT2D eigenvalue weighted by molar-refractivity contribution is 4.94. The first-order chi connectivity index (χ1) is 8.33. The maximum Gasteiger partial charge on any atom is -0.0382 e. The summed E-state index contributed by atoms with van der Waals surface area (Å²) in [5, 5.41) is 0. The van der Waals surface area contributed by atoms with Gasteiger partial charge in [-0.2, -0.15) is 0 Å². The van der Waals surface area contributed by atoms with Crippen molar-refractivity contribution in [3.63, 3.8) is 0 Å². The second-order valence-corrected chi connectivity index (χ2v) is 1.46. The summed E-state index contributed by atoms with van der Waals surface area (Å²) in [6.45, 7) is 29.0. The molecule has 0 rings (SSSR count). The predicted molar refractivity (Wildman–Crippen MR) is 90.8 cm³/mol. The lowest BCUT2D eigenvalue weighted by Crippen LogP contribution is -1.36. The normalized spacial score (nSPS) is 5.41. The first kappa shape index (κ1) is 36.0. The Morgan fingerprint density at radius 3 is 1.06 bits per heavy atom. The molecule has 0 aromatic carbocycles. The summed E-state index contributed by atoms with van der Waals surface area (Å²) in [5.41, 5.74) is 0. The van der Waals surface area contributed by atoms with E-state index in [-0.39, 0.29) is 0 Å². The molecule has 0 aromatic rings. The zero-order chi connectivity index (χ0) is 15.5. The molecule has 0 nitrogen and oxygen atoms in total. The van der Waals surface area contributed by atoms with Crippen LogP contribution in [0.25, 0.3) is 0 Å². The minimum atomic E-state index is 1.08. The van der Waals surface area contributed by atoms with E-state index >= 15 is 0 Å². The molecule has 106 valence electrons. The van der Waals surface area contributed by atoms with Gasteiger partial charge in [0.2, 0.25) is 0 Å². The molecule has 17 heavy (non-hydrogen) atoms. The summed E-state index contributed by atoms with van der Waals surface area (Å²) < 4.78 is 0. The summed E-state index contributed by atoms with van der Waals surface area (Å²) in [6, 6.07) is 0. The van der Waals surface area contributed by atoms with Crippen molar-refractivity contribution in [1.82, 2.24) is 0 Å². The minimum absolute atomic E-state index is 1.08. The Hall–Kier alpha value is -1.04. The molecule has 0 saturated heterocycles. The number of allylic oxidation sites excluding steroid dienone is 4. The maximum absolute atomic E-state index is 3.48. The third-order valence-corrected chi connectivity index (χ3v) is 0.617. The van der Waals surface area contributed by atoms with E-state index in [0.29, 0.717) is 0 Å². The van der Waals surface area contributed by atoms with E-state index in [9.17, 15) is 0 Å². The van der Waals surface area contributed by atoms with Gasteiger partial charge in [-0.05, 0) is 13.3 Å². The standard InChI is InChI=1S/C5H8.C4H8.3C2H6.C2H4/c1-3-5-4-2;1-3-4-2;4*1-2/h3-5H,1H2,2H3;3H,1,4H2,2H3;3*1-2H3;1-2H2/b5-4-;;;;;. The molecule has 0 aliphatic heterocycles. The van der Waals surface area contributed by atoms with Gasteiger partial charge in [0, 0.05) is 0 Å². The van der Waals surface area contributed by atoms with Crippen LogP contribution in [-0.4, -0.2) is 0 Å². The fraction of sp³-hybridized carbons (Fsp3) is 0.529. The van der Waals surface area contributed by atoms with Gasteiger partial charge in [0.25, 0.3) is 0 Å². The smallest absolute Gasteiger partial charge is 0.0382 e. The van der Waals surface area contributed by atoms with E-state index in [0.717, 1.165) is 6.42 Å². The van der Waals surface area contributed by atoms with Gasteiger partial charge in [-0.15, -0.1) is 19.7 Å². The molecule has 0 heterocycles. The van der Waals surface area contributed by atoms with E-state index in [4.69, 9.17) is 0 Å². The van der Waals surface area contributed by atoms with Crippen LogP contribution in [0, 0.1) is 0 Å². The third-order valence-electron chi connectivity index (χ3n) is 0.617. The summed E-state index contributed by atoms with van der Waals surface area (Å²) in [5.74, 6) is 0. The molecule has 0 aliphatic carbocycles. The highest BCUT2D eigenvalue weighted by atomic mass is 13.5. The van der Waals surface area contributed by atoms with Crippen molar-refractivity contribution in [2.45, 2.75) is 61.8 Å². The highest BCUT2D eigenvalue weighted by Crippen LogP contribution is 1.66. The van der Waals surface area contributed by atoms with E-state index < -0.39 is 0 Å². The molecule has 0 atom stereocenters. The molecule has 0 saturated carbocycles. The van der Waals surface area contributed by atoms with Gasteiger partial charge in [0.15, 0.2) is 0 Å². The quantitative estimate of drug-likeness (QED) is 0.354. The van der Waals surface area contributed by atoms with Crippen molar-refractivity contribution in [2.75, 3.05) is 0 Å². The van der Waals surface area contributed by atoms with Gasteiger partial charge in [-0.25, -0.2) is 0 Å². The maximum atomic E-state index is 3.48. The van der Waals surface area contributed by atoms with Gasteiger partial charge in [-0.3, -0.25) is 0 Å². The molecule has 0 heteroatoms. The number of rotatable bonds is 2. The van der Waals surface area contributed by atoms with E-state index in [1.165, 1.54) is 0 Å². The topological polar surface area (TPSA) is 0 Å². The van der Waals surface area contributed by atoms with E-state index in [2.05, 4.69) is 33.2 Å². The fourth-order valence-corrected chi connectivity index (χ4v) is 0.136. The zero-order valence-corrected chi connectivity index (χ0v) is 13.8. The lowest BCUT2D eigenvalue weighted by atomic mass is 10.5. The third kappa shape index (κ3) is 654. The van der Waals surface area contributed by atoms with Gasteiger partial charge in [0.1, 0.15) is 0 Å². The fourth-order valence-electron chi connectivity index (χ4n) is 0.136. The van der Waals surface area contributed by atoms with Crippen molar-refractivity contribution in [1.29, 1.82) is 0 Å². The Balaban J connectivity index is -0.0000000228. The Morgan fingerprint density at radius 1 is 0.824 bits per heavy atom. The monoisotopic (exact) mass is 242 g/mol. The van der Waals surface area contributed by atoms with Crippen molar-refractivity contribution in [2.24, 2.45) is 0 Å². The largest absolute Gasteiger partial charge is 0.106 e. The Morgan fingerprint density at radius 2 is 1.06 bits per heavy atom. The highest BCUT2D eigenvalue weighted by Gasteiger charge is 1.45. The van der Waals surface area contributed by atoms with Gasteiger partial charge < -0.3 is 0 Å². The first-order valence-electron chi connectivity index (χ1n) is 6.68. The van der Waals surface area contributed by atoms with E-state index in [1.807, 2.05) is 66.7 Å². The molecular weight excluding hydrogens is 204 g/mol.